The molecule has 0 unspecified atom stereocenters. The molecule has 0 spiro atoms. The van der Waals surface area contributed by atoms with Crippen LogP contribution in [0.15, 0.2) is 71.9 Å². The molecule has 0 amide bonds. The molecule has 0 aliphatic heterocycles. The molecule has 0 aliphatic carbocycles. The van der Waals surface area contributed by atoms with E-state index in [-0.39, 0.29) is 0 Å². The first kappa shape index (κ1) is 20.1. The topological polar surface area (TPSA) is 49.0 Å². The lowest BCUT2D eigenvalue weighted by Gasteiger charge is -2.03. The van der Waals surface area contributed by atoms with Crippen molar-refractivity contribution in [2.24, 2.45) is 4.99 Å². The van der Waals surface area contributed by atoms with E-state index in [1.165, 1.54) is 11.1 Å². The lowest BCUT2D eigenvalue weighted by Crippen LogP contribution is -1.98. The maximum Gasteiger partial charge on any atom is 0.0992 e. The molecule has 3 rings (SSSR count). The van der Waals surface area contributed by atoms with E-state index in [9.17, 15) is 0 Å². The molecule has 0 saturated heterocycles. The molecule has 1 aromatic heterocycles. The third kappa shape index (κ3) is 6.20. The summed E-state index contributed by atoms with van der Waals surface area (Å²) in [6.07, 6.45) is 2.77. The first-order chi connectivity index (χ1) is 13.0. The van der Waals surface area contributed by atoms with E-state index < -0.39 is 0 Å². The zero-order valence-corrected chi connectivity index (χ0v) is 16.4. The summed E-state index contributed by atoms with van der Waals surface area (Å²) in [5.74, 6) is 0. The highest BCUT2D eigenvalue weighted by Crippen LogP contribution is 2.18. The maximum absolute atomic E-state index is 8.86. The molecule has 0 bridgehead atoms. The monoisotopic (exact) mass is 355 g/mol. The van der Waals surface area contributed by atoms with Gasteiger partial charge in [0.1, 0.15) is 0 Å². The molecule has 3 nitrogen and oxygen atoms in total. The number of benzene rings is 2. The number of pyridine rings is 1. The number of nitrogens with zero attached hydrogens (tertiary/aromatic N) is 3. The third-order valence-electron chi connectivity index (χ3n) is 4.19. The first-order valence-electron chi connectivity index (χ1n) is 9.06. The Bertz CT molecular complexity index is 948. The minimum atomic E-state index is 0.597. The number of para-hydroxylation sites is 1. The van der Waals surface area contributed by atoms with E-state index >= 15 is 0 Å². The fraction of sp³-hybridized carbons (Fsp3) is 0.208. The number of rotatable bonds is 3. The molecule has 0 saturated carbocycles. The molecule has 0 atom stereocenters. The van der Waals surface area contributed by atoms with Crippen molar-refractivity contribution in [2.75, 3.05) is 0 Å². The molecule has 0 N–H and O–H groups in total. The van der Waals surface area contributed by atoms with Crippen LogP contribution in [0.3, 0.4) is 0 Å². The van der Waals surface area contributed by atoms with Crippen LogP contribution < -0.4 is 0 Å². The van der Waals surface area contributed by atoms with Crippen LogP contribution in [-0.4, -0.2) is 10.7 Å². The van der Waals surface area contributed by atoms with Crippen LogP contribution in [0.5, 0.6) is 0 Å². The van der Waals surface area contributed by atoms with Crippen molar-refractivity contribution in [1.29, 1.82) is 5.26 Å². The number of aliphatic imine (C=N–C) groups is 1. The number of aryl methyl sites for hydroxylation is 3. The molecular weight excluding hydrogens is 330 g/mol. The Balaban J connectivity index is 0.000000244. The van der Waals surface area contributed by atoms with Crippen LogP contribution in [0.1, 0.15) is 41.8 Å². The van der Waals surface area contributed by atoms with Crippen LogP contribution in [0, 0.1) is 25.2 Å². The molecule has 136 valence electrons. The second-order valence-electron chi connectivity index (χ2n) is 6.36. The molecule has 0 radical (unpaired) electrons. The standard InChI is InChI=1S/C15H13N3.C9H12/c1-11-5-3-4-6-14(11)18-12(2)15-9-13(10-16)7-8-17-15;1-3-9-6-4-8(2)5-7-9/h3-9H,1-2H3;4-7H,3H2,1-2H3. The highest BCUT2D eigenvalue weighted by atomic mass is 14.8. The maximum atomic E-state index is 8.86. The molecular formula is C24H25N3. The zero-order valence-electron chi connectivity index (χ0n) is 16.4. The molecule has 3 aromatic rings. The van der Waals surface area contributed by atoms with E-state index in [4.69, 9.17) is 5.26 Å². The molecule has 2 aromatic carbocycles. The fourth-order valence-electron chi connectivity index (χ4n) is 2.45. The molecule has 3 heteroatoms. The van der Waals surface area contributed by atoms with Crippen molar-refractivity contribution < 1.29 is 0 Å². The quantitative estimate of drug-likeness (QED) is 0.544. The largest absolute Gasteiger partial charge is 0.255 e. The summed E-state index contributed by atoms with van der Waals surface area (Å²) in [5.41, 5.74) is 6.94. The highest BCUT2D eigenvalue weighted by Gasteiger charge is 2.02. The van der Waals surface area contributed by atoms with Gasteiger partial charge in [-0.05, 0) is 56.5 Å². The zero-order chi connectivity index (χ0) is 19.6. The average molecular weight is 355 g/mol. The average Bonchev–Trinajstić information content (AvgIpc) is 2.71. The second kappa shape index (κ2) is 10.0. The summed E-state index contributed by atoms with van der Waals surface area (Å²) in [4.78, 5) is 8.78. The molecule has 0 aliphatic rings. The predicted molar refractivity (Wildman–Crippen MR) is 113 cm³/mol. The Kier molecular flexibility index (Phi) is 7.46. The van der Waals surface area contributed by atoms with Crippen molar-refractivity contribution >= 4 is 11.4 Å². The van der Waals surface area contributed by atoms with Crippen molar-refractivity contribution in [3.63, 3.8) is 0 Å². The van der Waals surface area contributed by atoms with Crippen LogP contribution >= 0.6 is 0 Å². The van der Waals surface area contributed by atoms with Crippen LogP contribution in [-0.2, 0) is 6.42 Å². The Morgan fingerprint density at radius 3 is 2.37 bits per heavy atom. The Morgan fingerprint density at radius 2 is 1.74 bits per heavy atom. The molecule has 1 heterocycles. The van der Waals surface area contributed by atoms with E-state index in [2.05, 4.69) is 54.2 Å². The summed E-state index contributed by atoms with van der Waals surface area (Å²) in [6.45, 7) is 8.20. The van der Waals surface area contributed by atoms with Gasteiger partial charge in [0, 0.05) is 6.20 Å². The molecule has 0 fully saturated rings. The highest BCUT2D eigenvalue weighted by molar-refractivity contribution is 5.98. The van der Waals surface area contributed by atoms with Crippen LogP contribution in [0.2, 0.25) is 0 Å². The van der Waals surface area contributed by atoms with Gasteiger partial charge in [-0.25, -0.2) is 0 Å². The van der Waals surface area contributed by atoms with Crippen molar-refractivity contribution in [1.82, 2.24) is 4.98 Å². The molecule has 27 heavy (non-hydrogen) atoms. The van der Waals surface area contributed by atoms with Gasteiger partial charge in [0.25, 0.3) is 0 Å². The summed E-state index contributed by atoms with van der Waals surface area (Å²) in [7, 11) is 0. The lowest BCUT2D eigenvalue weighted by molar-refractivity contribution is 1.14. The number of hydrogen-bond acceptors (Lipinski definition) is 3. The first-order valence-corrected chi connectivity index (χ1v) is 9.06. The van der Waals surface area contributed by atoms with Crippen LogP contribution in [0.4, 0.5) is 5.69 Å². The Morgan fingerprint density at radius 1 is 1.04 bits per heavy atom. The summed E-state index contributed by atoms with van der Waals surface area (Å²) in [6, 6.07) is 22.1. The lowest BCUT2D eigenvalue weighted by atomic mass is 10.1. The minimum absolute atomic E-state index is 0.597. The van der Waals surface area contributed by atoms with E-state index in [0.717, 1.165) is 29.1 Å². The van der Waals surface area contributed by atoms with E-state index in [0.29, 0.717) is 5.56 Å². The van der Waals surface area contributed by atoms with Crippen molar-refractivity contribution in [3.05, 3.63) is 94.8 Å². The third-order valence-corrected chi connectivity index (χ3v) is 4.19. The van der Waals surface area contributed by atoms with E-state index in [1.54, 1.807) is 18.3 Å². The van der Waals surface area contributed by atoms with Gasteiger partial charge >= 0.3 is 0 Å². The van der Waals surface area contributed by atoms with E-state index in [1.807, 2.05) is 38.1 Å². The summed E-state index contributed by atoms with van der Waals surface area (Å²) in [5, 5.41) is 8.86. The number of hydrogen-bond donors (Lipinski definition) is 0. The number of nitriles is 1. The van der Waals surface area contributed by atoms with Gasteiger partial charge < -0.3 is 0 Å². The Hall–Kier alpha value is -3.25. The SMILES string of the molecule is CC(=Nc1ccccc1C)c1cc(C#N)ccn1.CCc1ccc(C)cc1. The van der Waals surface area contributed by atoms with Crippen LogP contribution in [0.25, 0.3) is 0 Å². The van der Waals surface area contributed by atoms with Gasteiger partial charge in [0.15, 0.2) is 0 Å². The number of aromatic nitrogens is 1. The van der Waals surface area contributed by atoms with Gasteiger partial charge in [-0.3, -0.25) is 9.98 Å². The van der Waals surface area contributed by atoms with Crippen molar-refractivity contribution in [2.45, 2.75) is 34.1 Å². The van der Waals surface area contributed by atoms with Gasteiger partial charge in [0.05, 0.1) is 28.7 Å². The van der Waals surface area contributed by atoms with Crippen molar-refractivity contribution in [3.8, 4) is 6.07 Å². The smallest absolute Gasteiger partial charge is 0.0992 e. The van der Waals surface area contributed by atoms with Gasteiger partial charge in [-0.15, -0.1) is 0 Å². The minimum Gasteiger partial charge on any atom is -0.255 e. The van der Waals surface area contributed by atoms with Gasteiger partial charge in [0.2, 0.25) is 0 Å². The van der Waals surface area contributed by atoms with Gasteiger partial charge in [-0.2, -0.15) is 5.26 Å². The summed E-state index contributed by atoms with van der Waals surface area (Å²) >= 11 is 0. The second-order valence-corrected chi connectivity index (χ2v) is 6.36. The van der Waals surface area contributed by atoms with Gasteiger partial charge in [-0.1, -0.05) is 55.0 Å². The normalized spacial score (nSPS) is 10.6. The fourth-order valence-corrected chi connectivity index (χ4v) is 2.45. The predicted octanol–water partition coefficient (Wildman–Crippen LogP) is 5.96. The Labute approximate surface area is 162 Å². The summed E-state index contributed by atoms with van der Waals surface area (Å²) < 4.78 is 0.